The summed E-state index contributed by atoms with van der Waals surface area (Å²) in [7, 11) is 0. The number of hydrogen-bond acceptors (Lipinski definition) is 5. The highest BCUT2D eigenvalue weighted by Crippen LogP contribution is 2.25. The topological polar surface area (TPSA) is 99.0 Å². The van der Waals surface area contributed by atoms with E-state index >= 15 is 0 Å². The van der Waals surface area contributed by atoms with E-state index in [0.717, 1.165) is 0 Å². The first-order valence-corrected chi connectivity index (χ1v) is 5.77. The molecule has 6 nitrogen and oxygen atoms in total. The van der Waals surface area contributed by atoms with Gasteiger partial charge in [0.2, 0.25) is 5.91 Å². The van der Waals surface area contributed by atoms with E-state index in [1.165, 1.54) is 0 Å². The van der Waals surface area contributed by atoms with Crippen molar-refractivity contribution in [3.05, 3.63) is 0 Å². The molecule has 0 radical (unpaired) electrons. The van der Waals surface area contributed by atoms with Crippen LogP contribution in [-0.4, -0.2) is 58.3 Å². The van der Waals surface area contributed by atoms with Crippen LogP contribution in [0.4, 0.5) is 0 Å². The van der Waals surface area contributed by atoms with Gasteiger partial charge in [0.15, 0.2) is 0 Å². The molecule has 6 heteroatoms. The van der Waals surface area contributed by atoms with Crippen molar-refractivity contribution in [3.63, 3.8) is 0 Å². The van der Waals surface area contributed by atoms with E-state index in [2.05, 4.69) is 5.32 Å². The first-order valence-electron chi connectivity index (χ1n) is 5.77. The molecule has 0 aromatic rings. The molecule has 1 saturated heterocycles. The number of carbonyl (C=O) groups is 1. The Bertz CT molecular complexity index is 283. The zero-order valence-corrected chi connectivity index (χ0v) is 10.4. The largest absolute Gasteiger partial charge is 0.388 e. The normalized spacial score (nSPS) is 38.2. The Hall–Kier alpha value is -0.690. The van der Waals surface area contributed by atoms with Crippen molar-refractivity contribution in [3.8, 4) is 0 Å². The molecule has 100 valence electrons. The first kappa shape index (κ1) is 14.4. The van der Waals surface area contributed by atoms with Crippen molar-refractivity contribution < 1.29 is 24.9 Å². The minimum Gasteiger partial charge on any atom is -0.388 e. The van der Waals surface area contributed by atoms with Crippen LogP contribution >= 0.6 is 0 Å². The molecule has 0 spiro atoms. The Balaban J connectivity index is 2.67. The third-order valence-corrected chi connectivity index (χ3v) is 3.12. The summed E-state index contributed by atoms with van der Waals surface area (Å²) in [6.45, 7) is 4.79. The van der Waals surface area contributed by atoms with E-state index in [1.54, 1.807) is 20.8 Å². The number of ether oxygens (including phenoxy) is 1. The van der Waals surface area contributed by atoms with Crippen molar-refractivity contribution in [2.24, 2.45) is 5.92 Å². The molecule has 4 atom stereocenters. The first-order chi connectivity index (χ1) is 7.79. The van der Waals surface area contributed by atoms with Gasteiger partial charge in [-0.05, 0) is 6.92 Å². The predicted octanol–water partition coefficient (Wildman–Crippen LogP) is -1.37. The maximum Gasteiger partial charge on any atom is 0.222 e. The maximum atomic E-state index is 11.4. The van der Waals surface area contributed by atoms with Crippen LogP contribution in [0.3, 0.4) is 0 Å². The highest BCUT2D eigenvalue weighted by Gasteiger charge is 2.49. The van der Waals surface area contributed by atoms with E-state index in [1.807, 2.05) is 0 Å². The van der Waals surface area contributed by atoms with Crippen LogP contribution in [0, 0.1) is 5.92 Å². The van der Waals surface area contributed by atoms with Gasteiger partial charge >= 0.3 is 0 Å². The van der Waals surface area contributed by atoms with E-state index in [0.29, 0.717) is 0 Å². The van der Waals surface area contributed by atoms with Gasteiger partial charge in [-0.1, -0.05) is 13.8 Å². The number of rotatable bonds is 3. The van der Waals surface area contributed by atoms with Gasteiger partial charge in [0.05, 0.1) is 19.3 Å². The van der Waals surface area contributed by atoms with E-state index in [-0.39, 0.29) is 25.0 Å². The standard InChI is InChI=1S/C11H21NO5/c1-6(2)10(15)12-5-11(16)8(13)4-17-7(3)9(11)14/h6-9,13-14,16H,4-5H2,1-3H3,(H,12,15)/t7?,8?,9-,11?/m1/s1. The fraction of sp³-hybridized carbons (Fsp3) is 0.909. The number of nitrogens with one attached hydrogen (secondary N) is 1. The van der Waals surface area contributed by atoms with Crippen molar-refractivity contribution >= 4 is 5.91 Å². The van der Waals surface area contributed by atoms with Crippen molar-refractivity contribution in [1.82, 2.24) is 5.32 Å². The number of aliphatic hydroxyl groups excluding tert-OH is 2. The molecule has 17 heavy (non-hydrogen) atoms. The average molecular weight is 247 g/mol. The maximum absolute atomic E-state index is 11.4. The van der Waals surface area contributed by atoms with Crippen LogP contribution in [0.2, 0.25) is 0 Å². The van der Waals surface area contributed by atoms with Gasteiger partial charge in [-0.3, -0.25) is 4.79 Å². The lowest BCUT2D eigenvalue weighted by Crippen LogP contribution is -2.66. The molecule has 4 N–H and O–H groups in total. The van der Waals surface area contributed by atoms with Crippen LogP contribution in [0.15, 0.2) is 0 Å². The van der Waals surface area contributed by atoms with E-state index < -0.39 is 23.9 Å². The molecule has 1 aliphatic heterocycles. The molecule has 0 aromatic heterocycles. The summed E-state index contributed by atoms with van der Waals surface area (Å²) in [4.78, 5) is 11.4. The second kappa shape index (κ2) is 5.30. The van der Waals surface area contributed by atoms with Crippen LogP contribution in [0.25, 0.3) is 0 Å². The molecule has 1 aliphatic rings. The summed E-state index contributed by atoms with van der Waals surface area (Å²) in [5.74, 6) is -0.456. The Morgan fingerprint density at radius 2 is 2.12 bits per heavy atom. The van der Waals surface area contributed by atoms with Crippen LogP contribution < -0.4 is 5.32 Å². The zero-order chi connectivity index (χ0) is 13.2. The summed E-state index contributed by atoms with van der Waals surface area (Å²) < 4.78 is 5.08. The molecule has 0 aromatic carbocycles. The SMILES string of the molecule is CC(C)C(=O)NCC1(O)C(O)COC(C)[C@H]1O. The highest BCUT2D eigenvalue weighted by atomic mass is 16.5. The molecule has 1 amide bonds. The Labute approximate surface area is 101 Å². The van der Waals surface area contributed by atoms with Crippen molar-refractivity contribution in [2.45, 2.75) is 44.7 Å². The fourth-order valence-electron chi connectivity index (χ4n) is 1.74. The lowest BCUT2D eigenvalue weighted by molar-refractivity contribution is -0.235. The molecule has 1 heterocycles. The second-order valence-corrected chi connectivity index (χ2v) is 4.86. The Kier molecular flexibility index (Phi) is 4.48. The molecular formula is C11H21NO5. The third-order valence-electron chi connectivity index (χ3n) is 3.12. The van der Waals surface area contributed by atoms with Crippen LogP contribution in [-0.2, 0) is 9.53 Å². The van der Waals surface area contributed by atoms with Gasteiger partial charge < -0.3 is 25.4 Å². The van der Waals surface area contributed by atoms with E-state index in [4.69, 9.17) is 4.74 Å². The van der Waals surface area contributed by atoms with Gasteiger partial charge in [-0.25, -0.2) is 0 Å². The number of carbonyl (C=O) groups excluding carboxylic acids is 1. The fourth-order valence-corrected chi connectivity index (χ4v) is 1.74. The molecule has 1 fully saturated rings. The van der Waals surface area contributed by atoms with E-state index in [9.17, 15) is 20.1 Å². The quantitative estimate of drug-likeness (QED) is 0.493. The minimum absolute atomic E-state index is 0.0632. The monoisotopic (exact) mass is 247 g/mol. The average Bonchev–Trinajstić information content (AvgIpc) is 2.28. The summed E-state index contributed by atoms with van der Waals surface area (Å²) in [5.41, 5.74) is -1.76. The molecule has 0 aliphatic carbocycles. The number of aliphatic hydroxyl groups is 3. The lowest BCUT2D eigenvalue weighted by Gasteiger charge is -2.43. The summed E-state index contributed by atoms with van der Waals surface area (Å²) in [6, 6.07) is 0. The van der Waals surface area contributed by atoms with Gasteiger partial charge in [0, 0.05) is 5.92 Å². The molecule has 0 saturated carbocycles. The van der Waals surface area contributed by atoms with Gasteiger partial charge in [-0.2, -0.15) is 0 Å². The lowest BCUT2D eigenvalue weighted by atomic mass is 9.85. The molecule has 0 bridgehead atoms. The van der Waals surface area contributed by atoms with Crippen LogP contribution in [0.1, 0.15) is 20.8 Å². The van der Waals surface area contributed by atoms with Gasteiger partial charge in [0.25, 0.3) is 0 Å². The molecular weight excluding hydrogens is 226 g/mol. The predicted molar refractivity (Wildman–Crippen MR) is 60.2 cm³/mol. The van der Waals surface area contributed by atoms with Crippen LogP contribution in [0.5, 0.6) is 0 Å². The second-order valence-electron chi connectivity index (χ2n) is 4.86. The molecule has 1 rings (SSSR count). The minimum atomic E-state index is -1.76. The summed E-state index contributed by atoms with van der Waals surface area (Å²) in [6.07, 6.45) is -3.04. The van der Waals surface area contributed by atoms with Crippen molar-refractivity contribution in [2.75, 3.05) is 13.2 Å². The Morgan fingerprint density at radius 3 is 2.65 bits per heavy atom. The third kappa shape index (κ3) is 2.95. The Morgan fingerprint density at radius 1 is 1.53 bits per heavy atom. The van der Waals surface area contributed by atoms with Gasteiger partial charge in [0.1, 0.15) is 17.8 Å². The number of amides is 1. The zero-order valence-electron chi connectivity index (χ0n) is 10.4. The smallest absolute Gasteiger partial charge is 0.222 e. The molecule has 3 unspecified atom stereocenters. The number of hydrogen-bond donors (Lipinski definition) is 4. The van der Waals surface area contributed by atoms with Crippen molar-refractivity contribution in [1.29, 1.82) is 0 Å². The highest BCUT2D eigenvalue weighted by molar-refractivity contribution is 5.77. The summed E-state index contributed by atoms with van der Waals surface area (Å²) >= 11 is 0. The summed E-state index contributed by atoms with van der Waals surface area (Å²) in [5, 5.41) is 32.2. The van der Waals surface area contributed by atoms with Gasteiger partial charge in [-0.15, -0.1) is 0 Å².